The number of likely N-dealkylation sites (N-methyl/N-ethyl adjacent to an activating group) is 1. The van der Waals surface area contributed by atoms with Crippen molar-refractivity contribution in [2.75, 3.05) is 39.9 Å². The first kappa shape index (κ1) is 96.6. The van der Waals surface area contributed by atoms with Crippen molar-refractivity contribution in [1.82, 2.24) is 15.2 Å². The average molecular weight is 1630 g/mol. The van der Waals surface area contributed by atoms with Gasteiger partial charge in [0.2, 0.25) is 11.8 Å². The standard InChI is InChI=1S/C52H65N7O7.C17H27BO2.C12H15F3O3S.C11H16O/c1-31-25-37(52(4,5)6)12-13-38(31)42-15-14-39(33(3)57-42)45(61)30-36(18-20-54)51(64)59(7)49-35-11-17-48(66-24-22-56)41(29-35)40-27-34(10-16-47(40)65-23-21-55)28-43(44(60)9-8-19-53)58-50(63)32(2)26-46(49)62;1-12-11-13(15(2,3)4)9-10-14(12)18-19-16(5,6)17(7,8)20-18;1-8-7-9(11(2,3)4)5-6-10(8)18-19(16,17)12(13,14)15;1-8-7-9(11(2,3)4)5-6-10(8)12/h10-17,25,27,29,32,36,43,49H,8-9,18,20-24,26,28,30,54-56H2,1-7H3,(H,58,63);9-11H,1-8H3;5-7H,1-4H3;5-7,12H,1-4H3/t32-,36-,43+,49+;;;/m1.../s1. The zero-order valence-electron chi connectivity index (χ0n) is 72.7. The Morgan fingerprint density at radius 3 is 1.63 bits per heavy atom. The van der Waals surface area contributed by atoms with Gasteiger partial charge in [0, 0.05) is 85.6 Å². The highest BCUT2D eigenvalue weighted by Gasteiger charge is 2.52. The first-order valence-corrected chi connectivity index (χ1v) is 41.2. The summed E-state index contributed by atoms with van der Waals surface area (Å²) in [5.41, 5.74) is 26.1. The van der Waals surface area contributed by atoms with E-state index in [1.807, 2.05) is 65.0 Å². The van der Waals surface area contributed by atoms with Crippen molar-refractivity contribution in [2.45, 2.75) is 241 Å². The molecule has 4 bridgehead atoms. The molecule has 7 aromatic rings. The number of amides is 2. The number of aromatic nitrogens is 1. The fraction of sp³-hybridized carbons (Fsp3) is 0.489. The summed E-state index contributed by atoms with van der Waals surface area (Å²) < 4.78 is 87.1. The number of hydrogen-bond acceptors (Lipinski definition) is 18. The van der Waals surface area contributed by atoms with Crippen molar-refractivity contribution in [3.05, 3.63) is 188 Å². The van der Waals surface area contributed by atoms with E-state index in [-0.39, 0.29) is 129 Å². The van der Waals surface area contributed by atoms with E-state index in [1.54, 1.807) is 68.4 Å². The lowest BCUT2D eigenvalue weighted by molar-refractivity contribution is -0.142. The van der Waals surface area contributed by atoms with E-state index < -0.39 is 57.1 Å². The molecule has 634 valence electrons. The predicted molar refractivity (Wildman–Crippen MR) is 457 cm³/mol. The van der Waals surface area contributed by atoms with Gasteiger partial charge in [0.05, 0.1) is 29.0 Å². The van der Waals surface area contributed by atoms with E-state index >= 15 is 0 Å². The summed E-state index contributed by atoms with van der Waals surface area (Å²) in [4.78, 5) is 77.1. The number of halogens is 3. The van der Waals surface area contributed by atoms with Gasteiger partial charge in [-0.2, -0.15) is 26.9 Å². The molecule has 1 fully saturated rings. The maximum Gasteiger partial charge on any atom is 0.534 e. The summed E-state index contributed by atoms with van der Waals surface area (Å²) in [7, 11) is -4.38. The quantitative estimate of drug-likeness (QED) is 0.0205. The second kappa shape index (κ2) is 39.5. The number of nitrogens with zero attached hydrogens (tertiary/aromatic N) is 3. The summed E-state index contributed by atoms with van der Waals surface area (Å²) >= 11 is 0. The highest BCUT2D eigenvalue weighted by atomic mass is 32.2. The smallest absolute Gasteiger partial charge is 0.508 e. The zero-order valence-corrected chi connectivity index (χ0v) is 73.5. The first-order chi connectivity index (χ1) is 54.1. The van der Waals surface area contributed by atoms with Gasteiger partial charge in [-0.25, -0.2) is 0 Å². The van der Waals surface area contributed by atoms with Gasteiger partial charge in [0.1, 0.15) is 42.3 Å². The van der Waals surface area contributed by atoms with E-state index in [0.717, 1.165) is 33.4 Å². The molecular formula is C92H123BF3N7O13S. The van der Waals surface area contributed by atoms with Gasteiger partial charge in [-0.15, -0.1) is 0 Å². The molecule has 1 aromatic heterocycles. The Labute approximate surface area is 692 Å². The van der Waals surface area contributed by atoms with Gasteiger partial charge < -0.3 is 55.5 Å². The monoisotopic (exact) mass is 1630 g/mol. The van der Waals surface area contributed by atoms with Gasteiger partial charge in [0.25, 0.3) is 0 Å². The number of rotatable bonds is 20. The number of Topliss-reactive ketones (excluding diaryl/α,β-unsaturated/α-hetero) is 3. The van der Waals surface area contributed by atoms with Gasteiger partial charge in [-0.1, -0.05) is 168 Å². The maximum atomic E-state index is 14.8. The lowest BCUT2D eigenvalue weighted by Gasteiger charge is -2.32. The SMILES string of the molecule is Cc1cc(C(C)(C)C)ccc1-c1ccc(C(=O)C[C@@H](CCN)C(=O)N(C)[C@@H]2C(=O)C[C@@H](C)C(=O)N[C@H](C(=O)CCC#N)Cc3ccc(OCCN)c(c3)-c3cc2ccc3OCCN)c(C)n1.Cc1cc(C(C)(C)C)ccc1B1OC(C)(C)C(C)(C)O1.Cc1cc(C(C)(C)C)ccc1O.Cc1cc(C(C)(C)C)ccc1OS(=O)(=O)C(F)(F)F. The minimum atomic E-state index is -5.62. The molecule has 2 aliphatic heterocycles. The second-order valence-corrected chi connectivity index (χ2v) is 37.1. The summed E-state index contributed by atoms with van der Waals surface area (Å²) in [6.07, 6.45) is -0.322. The van der Waals surface area contributed by atoms with Crippen molar-refractivity contribution < 1.29 is 73.6 Å². The van der Waals surface area contributed by atoms with Crippen molar-refractivity contribution in [1.29, 1.82) is 5.26 Å². The number of carbonyl (C=O) groups excluding carboxylic acids is 5. The molecule has 20 nitrogen and oxygen atoms in total. The fourth-order valence-corrected chi connectivity index (χ4v) is 13.8. The Kier molecular flexibility index (Phi) is 32.6. The number of carbonyl (C=O) groups is 5. The molecule has 8 N–H and O–H groups in total. The number of phenolic OH excluding ortho intramolecular Hbond substituents is 1. The van der Waals surface area contributed by atoms with Gasteiger partial charge in [0.15, 0.2) is 17.3 Å². The van der Waals surface area contributed by atoms with Crippen molar-refractivity contribution >= 4 is 51.9 Å². The average Bonchev–Trinajstić information content (AvgIpc) is 1.69. The Hall–Kier alpha value is -9.29. The van der Waals surface area contributed by atoms with Crippen LogP contribution in [-0.4, -0.2) is 122 Å². The maximum absolute atomic E-state index is 14.8. The number of nitriles is 1. The first-order valence-electron chi connectivity index (χ1n) is 39.7. The van der Waals surface area contributed by atoms with E-state index in [2.05, 4.69) is 143 Å². The number of pyridine rings is 1. The molecule has 25 heteroatoms. The van der Waals surface area contributed by atoms with Crippen LogP contribution >= 0.6 is 0 Å². The number of hydrogen-bond donors (Lipinski definition) is 5. The number of aryl methyl sites for hydroxylation is 5. The third-order valence-electron chi connectivity index (χ3n) is 21.3. The van der Waals surface area contributed by atoms with Crippen LogP contribution in [-0.2, 0) is 66.7 Å². The van der Waals surface area contributed by atoms with E-state index in [4.69, 9.17) is 41.0 Å². The number of ether oxygens (including phenoxy) is 2. The lowest BCUT2D eigenvalue weighted by Crippen LogP contribution is -2.46. The number of benzene rings is 6. The molecule has 6 aromatic carbocycles. The third-order valence-corrected chi connectivity index (χ3v) is 22.3. The number of nitrogens with one attached hydrogen (secondary N) is 1. The number of alkyl halides is 3. The van der Waals surface area contributed by atoms with Crippen molar-refractivity contribution in [2.24, 2.45) is 29.0 Å². The molecule has 0 saturated carbocycles. The second-order valence-electron chi connectivity index (χ2n) is 35.6. The molecular weight excluding hydrogens is 1510 g/mol. The minimum absolute atomic E-state index is 0.0151. The van der Waals surface area contributed by atoms with Crippen LogP contribution in [0, 0.1) is 57.8 Å². The third kappa shape index (κ3) is 25.6. The Bertz CT molecular complexity index is 4840. The van der Waals surface area contributed by atoms with E-state index in [0.29, 0.717) is 56.3 Å². The van der Waals surface area contributed by atoms with Crippen LogP contribution in [0.2, 0.25) is 0 Å². The lowest BCUT2D eigenvalue weighted by atomic mass is 9.74. The van der Waals surface area contributed by atoms with Crippen LogP contribution in [0.3, 0.4) is 0 Å². The normalized spacial score (nSPS) is 16.5. The predicted octanol–water partition coefficient (Wildman–Crippen LogP) is 16.4. The molecule has 0 unspecified atom stereocenters. The molecule has 2 amide bonds. The number of fused-ring (bicyclic) bond motifs is 5. The van der Waals surface area contributed by atoms with Crippen LogP contribution in [0.4, 0.5) is 13.2 Å². The topological polar surface area (TPSA) is 316 Å². The van der Waals surface area contributed by atoms with Crippen LogP contribution in [0.5, 0.6) is 23.0 Å². The Balaban J connectivity index is 0.000000331. The summed E-state index contributed by atoms with van der Waals surface area (Å²) in [5.74, 6) is -2.97. The molecule has 117 heavy (non-hydrogen) atoms. The molecule has 0 aliphatic carbocycles. The zero-order chi connectivity index (χ0) is 88.1. The number of aromatic hydroxyl groups is 1. The van der Waals surface area contributed by atoms with Gasteiger partial charge >= 0.3 is 22.7 Å². The Morgan fingerprint density at radius 2 is 1.15 bits per heavy atom. The molecule has 0 spiro atoms. The van der Waals surface area contributed by atoms with E-state index in [1.165, 1.54) is 47.2 Å². The van der Waals surface area contributed by atoms with Crippen LogP contribution in [0.15, 0.2) is 121 Å². The highest BCUT2D eigenvalue weighted by Crippen LogP contribution is 2.43. The molecule has 0 radical (unpaired) electrons. The highest BCUT2D eigenvalue weighted by molar-refractivity contribution is 7.88. The van der Waals surface area contributed by atoms with Crippen LogP contribution in [0.1, 0.15) is 228 Å². The molecule has 9 rings (SSSR count). The van der Waals surface area contributed by atoms with E-state index in [9.17, 15) is 55.9 Å². The van der Waals surface area contributed by atoms with Crippen molar-refractivity contribution in [3.8, 4) is 51.5 Å². The van der Waals surface area contributed by atoms with Crippen LogP contribution in [0.25, 0.3) is 22.4 Å². The molecule has 1 saturated heterocycles. The minimum Gasteiger partial charge on any atom is -0.508 e. The molecule has 2 aliphatic rings. The van der Waals surface area contributed by atoms with Gasteiger partial charge in [-0.05, 0) is 207 Å². The molecule has 4 atom stereocenters. The Morgan fingerprint density at radius 1 is 0.650 bits per heavy atom. The number of ketones is 3. The van der Waals surface area contributed by atoms with Crippen molar-refractivity contribution in [3.63, 3.8) is 0 Å². The van der Waals surface area contributed by atoms with Gasteiger partial charge in [-0.3, -0.25) is 29.0 Å². The number of nitrogens with two attached hydrogens (primary N) is 3. The fourth-order valence-electron chi connectivity index (χ4n) is 13.3. The van der Waals surface area contributed by atoms with Crippen LogP contribution < -0.4 is 41.6 Å². The summed E-state index contributed by atoms with van der Waals surface area (Å²) in [6, 6.07) is 36.9. The molecule has 3 heterocycles. The largest absolute Gasteiger partial charge is 0.534 e. The summed E-state index contributed by atoms with van der Waals surface area (Å²) in [6.45, 7) is 45.7. The number of phenols is 1. The summed E-state index contributed by atoms with van der Waals surface area (Å²) in [5, 5.41) is 21.4.